The van der Waals surface area contributed by atoms with Crippen molar-refractivity contribution in [2.45, 2.75) is 117 Å². The number of carbonyl (C=O) groups excluding carboxylic acids is 3. The number of amides is 3. The lowest BCUT2D eigenvalue weighted by atomic mass is 9.99. The number of carbonyl (C=O) groups is 3. The molecule has 2 aromatic carbocycles. The molecule has 0 aliphatic rings. The van der Waals surface area contributed by atoms with Gasteiger partial charge in [0.1, 0.15) is 29.2 Å². The Morgan fingerprint density at radius 2 is 1.48 bits per heavy atom. The summed E-state index contributed by atoms with van der Waals surface area (Å²) in [6.45, 7) is 10.2. The fourth-order valence-corrected chi connectivity index (χ4v) is 5.00. The molecule has 0 bridgehead atoms. The number of phenols is 2. The van der Waals surface area contributed by atoms with Crippen LogP contribution in [0.3, 0.4) is 0 Å². The molecule has 9 heteroatoms. The van der Waals surface area contributed by atoms with Crippen molar-refractivity contribution in [1.29, 1.82) is 0 Å². The van der Waals surface area contributed by atoms with Crippen molar-refractivity contribution in [3.8, 4) is 11.5 Å². The van der Waals surface area contributed by atoms with Crippen LogP contribution >= 0.6 is 0 Å². The Bertz CT molecular complexity index is 1160. The SMILES string of the molecule is CCCCCCCCN(C(=O)C(Cc1ccc(O)cc1)NC(=O)OC(C)(C)C)C(C(=O)NCCCCC)c1cccc(O)c1. The number of ether oxygens (including phenoxy) is 1. The van der Waals surface area contributed by atoms with E-state index in [0.717, 1.165) is 56.9 Å². The third kappa shape index (κ3) is 13.3. The Balaban J connectivity index is 2.50. The predicted octanol–water partition coefficient (Wildman–Crippen LogP) is 6.77. The molecule has 4 N–H and O–H groups in total. The summed E-state index contributed by atoms with van der Waals surface area (Å²) >= 11 is 0. The van der Waals surface area contributed by atoms with E-state index in [1.54, 1.807) is 45.0 Å². The number of unbranched alkanes of at least 4 members (excludes halogenated alkanes) is 7. The molecular formula is C35H53N3O6. The van der Waals surface area contributed by atoms with Crippen LogP contribution in [0.2, 0.25) is 0 Å². The number of hydrogen-bond acceptors (Lipinski definition) is 6. The van der Waals surface area contributed by atoms with E-state index in [1.807, 2.05) is 0 Å². The Hall–Kier alpha value is -3.75. The van der Waals surface area contributed by atoms with Gasteiger partial charge in [-0.1, -0.05) is 83.1 Å². The smallest absolute Gasteiger partial charge is 0.408 e. The molecule has 2 aromatic rings. The average Bonchev–Trinajstić information content (AvgIpc) is 2.96. The number of alkyl carbamates (subject to hydrolysis) is 1. The quantitative estimate of drug-likeness (QED) is 0.138. The second-order valence-electron chi connectivity index (χ2n) is 12.4. The molecule has 0 aliphatic carbocycles. The van der Waals surface area contributed by atoms with Crippen LogP contribution in [0, 0.1) is 0 Å². The van der Waals surface area contributed by atoms with Gasteiger partial charge in [-0.25, -0.2) is 4.79 Å². The van der Waals surface area contributed by atoms with Crippen LogP contribution in [0.25, 0.3) is 0 Å². The largest absolute Gasteiger partial charge is 0.508 e. The molecule has 0 saturated carbocycles. The molecule has 2 unspecified atom stereocenters. The summed E-state index contributed by atoms with van der Waals surface area (Å²) < 4.78 is 5.50. The highest BCUT2D eigenvalue weighted by Gasteiger charge is 2.36. The van der Waals surface area contributed by atoms with Gasteiger partial charge in [0.2, 0.25) is 11.8 Å². The van der Waals surface area contributed by atoms with Crippen molar-refractivity contribution in [2.24, 2.45) is 0 Å². The van der Waals surface area contributed by atoms with Gasteiger partial charge in [0.15, 0.2) is 0 Å². The fourth-order valence-electron chi connectivity index (χ4n) is 5.00. The van der Waals surface area contributed by atoms with E-state index in [4.69, 9.17) is 4.74 Å². The summed E-state index contributed by atoms with van der Waals surface area (Å²) in [6.07, 6.45) is 8.09. The van der Waals surface area contributed by atoms with Gasteiger partial charge in [-0.3, -0.25) is 9.59 Å². The molecule has 2 atom stereocenters. The maximum absolute atomic E-state index is 14.5. The molecule has 9 nitrogen and oxygen atoms in total. The molecule has 0 fully saturated rings. The van der Waals surface area contributed by atoms with Gasteiger partial charge in [0.25, 0.3) is 0 Å². The first-order chi connectivity index (χ1) is 20.9. The second kappa shape index (κ2) is 18.8. The number of phenolic OH excluding ortho intramolecular Hbond substituents is 2. The van der Waals surface area contributed by atoms with E-state index in [9.17, 15) is 24.6 Å². The lowest BCUT2D eigenvalue weighted by Gasteiger charge is -2.35. The van der Waals surface area contributed by atoms with Crippen molar-refractivity contribution in [3.63, 3.8) is 0 Å². The molecule has 0 spiro atoms. The third-order valence-corrected chi connectivity index (χ3v) is 7.23. The average molecular weight is 612 g/mol. The van der Waals surface area contributed by atoms with E-state index in [-0.39, 0.29) is 30.4 Å². The van der Waals surface area contributed by atoms with Gasteiger partial charge in [-0.15, -0.1) is 0 Å². The van der Waals surface area contributed by atoms with E-state index < -0.39 is 29.7 Å². The Labute approximate surface area is 263 Å². The number of aromatic hydroxyl groups is 2. The van der Waals surface area contributed by atoms with Gasteiger partial charge in [-0.05, 0) is 69.0 Å². The Morgan fingerprint density at radius 1 is 0.841 bits per heavy atom. The highest BCUT2D eigenvalue weighted by molar-refractivity contribution is 5.92. The van der Waals surface area contributed by atoms with E-state index in [2.05, 4.69) is 24.5 Å². The molecule has 0 saturated heterocycles. The van der Waals surface area contributed by atoms with Crippen molar-refractivity contribution in [1.82, 2.24) is 15.5 Å². The summed E-state index contributed by atoms with van der Waals surface area (Å²) in [4.78, 5) is 42.9. The van der Waals surface area contributed by atoms with Gasteiger partial charge >= 0.3 is 6.09 Å². The highest BCUT2D eigenvalue weighted by Crippen LogP contribution is 2.27. The minimum Gasteiger partial charge on any atom is -0.508 e. The van der Waals surface area contributed by atoms with E-state index in [0.29, 0.717) is 18.5 Å². The predicted molar refractivity (Wildman–Crippen MR) is 173 cm³/mol. The number of rotatable bonds is 18. The Morgan fingerprint density at radius 3 is 2.11 bits per heavy atom. The van der Waals surface area contributed by atoms with Gasteiger partial charge < -0.3 is 30.5 Å². The molecule has 44 heavy (non-hydrogen) atoms. The van der Waals surface area contributed by atoms with Crippen LogP contribution in [-0.4, -0.2) is 57.8 Å². The van der Waals surface area contributed by atoms with Crippen molar-refractivity contribution in [2.75, 3.05) is 13.1 Å². The molecule has 0 radical (unpaired) electrons. The second-order valence-corrected chi connectivity index (χ2v) is 12.4. The van der Waals surface area contributed by atoms with Crippen LogP contribution in [0.5, 0.6) is 11.5 Å². The van der Waals surface area contributed by atoms with Crippen molar-refractivity contribution in [3.05, 3.63) is 59.7 Å². The fraction of sp³-hybridized carbons (Fsp3) is 0.571. The summed E-state index contributed by atoms with van der Waals surface area (Å²) in [7, 11) is 0. The number of hydrogen-bond donors (Lipinski definition) is 4. The van der Waals surface area contributed by atoms with E-state index in [1.165, 1.54) is 29.2 Å². The van der Waals surface area contributed by atoms with Crippen LogP contribution in [0.1, 0.15) is 110 Å². The monoisotopic (exact) mass is 611 g/mol. The van der Waals surface area contributed by atoms with Crippen molar-refractivity contribution >= 4 is 17.9 Å². The van der Waals surface area contributed by atoms with Gasteiger partial charge in [0, 0.05) is 19.5 Å². The summed E-state index contributed by atoms with van der Waals surface area (Å²) in [5.74, 6) is -0.697. The van der Waals surface area contributed by atoms with Crippen molar-refractivity contribution < 1.29 is 29.3 Å². The third-order valence-electron chi connectivity index (χ3n) is 7.23. The molecule has 3 amide bonds. The maximum Gasteiger partial charge on any atom is 0.408 e. The zero-order chi connectivity index (χ0) is 32.5. The maximum atomic E-state index is 14.5. The molecule has 0 aliphatic heterocycles. The van der Waals surface area contributed by atoms with Crippen LogP contribution in [-0.2, 0) is 20.7 Å². The first-order valence-electron chi connectivity index (χ1n) is 16.1. The molecular weight excluding hydrogens is 558 g/mol. The minimum absolute atomic E-state index is 0.00855. The summed E-state index contributed by atoms with van der Waals surface area (Å²) in [5.41, 5.74) is 0.421. The minimum atomic E-state index is -1.05. The Kier molecular flexibility index (Phi) is 15.6. The first-order valence-corrected chi connectivity index (χ1v) is 16.1. The standard InChI is InChI=1S/C35H53N3O6/c1-6-8-10-11-12-14-23-38(31(27-16-15-17-29(40)25-27)32(41)36-22-13-9-7-2)33(42)30(37-34(43)44-35(3,4)5)24-26-18-20-28(39)21-19-26/h15-21,25,30-31,39-40H,6-14,22-24H2,1-5H3,(H,36,41)(H,37,43). The van der Waals surface area contributed by atoms with Crippen LogP contribution in [0.15, 0.2) is 48.5 Å². The van der Waals surface area contributed by atoms with Gasteiger partial charge in [-0.2, -0.15) is 0 Å². The normalized spacial score (nSPS) is 12.7. The first kappa shape index (κ1) is 36.4. The lowest BCUT2D eigenvalue weighted by molar-refractivity contribution is -0.142. The molecule has 0 aromatic heterocycles. The van der Waals surface area contributed by atoms with E-state index >= 15 is 0 Å². The molecule has 0 heterocycles. The van der Waals surface area contributed by atoms with Crippen LogP contribution in [0.4, 0.5) is 4.79 Å². The molecule has 2 rings (SSSR count). The zero-order valence-corrected chi connectivity index (χ0v) is 27.2. The number of benzene rings is 2. The highest BCUT2D eigenvalue weighted by atomic mass is 16.6. The van der Waals surface area contributed by atoms with Crippen LogP contribution < -0.4 is 10.6 Å². The lowest BCUT2D eigenvalue weighted by Crippen LogP contribution is -2.54. The number of nitrogens with zero attached hydrogens (tertiary/aromatic N) is 1. The summed E-state index contributed by atoms with van der Waals surface area (Å²) in [6, 6.07) is 10.8. The topological polar surface area (TPSA) is 128 Å². The summed E-state index contributed by atoms with van der Waals surface area (Å²) in [5, 5.41) is 25.9. The van der Waals surface area contributed by atoms with Gasteiger partial charge in [0.05, 0.1) is 0 Å². The number of nitrogens with one attached hydrogen (secondary N) is 2. The molecule has 244 valence electrons. The zero-order valence-electron chi connectivity index (χ0n) is 27.2.